The molecule has 0 saturated carbocycles. The van der Waals surface area contributed by atoms with Crippen LogP contribution in [0, 0.1) is 13.8 Å². The van der Waals surface area contributed by atoms with Gasteiger partial charge in [0.2, 0.25) is 22.9 Å². The molecule has 2 aliphatic heterocycles. The number of halogens is 3. The highest BCUT2D eigenvalue weighted by molar-refractivity contribution is 7.12. The molecule has 1 saturated heterocycles. The van der Waals surface area contributed by atoms with E-state index in [1.807, 2.05) is 6.07 Å². The van der Waals surface area contributed by atoms with Gasteiger partial charge in [-0.15, -0.1) is 16.4 Å². The predicted molar refractivity (Wildman–Crippen MR) is 309 cm³/mol. The number of aryl methyl sites for hydroxylation is 2. The fourth-order valence-electron chi connectivity index (χ4n) is 10.0. The molecule has 4 aromatic carbocycles. The van der Waals surface area contributed by atoms with E-state index in [2.05, 4.69) is 41.4 Å². The summed E-state index contributed by atoms with van der Waals surface area (Å²) in [6.45, 7) is 6.32. The first-order valence-electron chi connectivity index (χ1n) is 27.6. The standard InChI is InChI=1S/C59H59F3N12O12S/c1-35-49(56(80)73(68-35)42-7-4-3-5-8-42)51(50-36(2)69-74(57(50)81)58-65-45(34-87-58)37-11-15-39(16-12-37)59(60,61)62)38-13-17-40(18-14-38)64-48(76)33-86-30-27-83-24-22-71-31-41(67-70-71)32-85-29-28-84-26-25-82-23-21-63-44-10-6-9-43-52(44)55(79)72(54(43)78)46-19-20-47(75)66-53(46)77/h3-18,31,34,46,51,63,68-69H,19-30,32-33H2,1-2H3,(H,64,76)(H,66,75,77). The number of rotatable bonds is 28. The topological polar surface area (TPSA) is 290 Å². The zero-order chi connectivity index (χ0) is 61.2. The third kappa shape index (κ3) is 14.2. The van der Waals surface area contributed by atoms with Crippen LogP contribution in [0.5, 0.6) is 0 Å². The van der Waals surface area contributed by atoms with Crippen molar-refractivity contribution < 1.29 is 60.8 Å². The van der Waals surface area contributed by atoms with Gasteiger partial charge in [-0.25, -0.2) is 14.3 Å². The molecule has 0 spiro atoms. The Labute approximate surface area is 497 Å². The lowest BCUT2D eigenvalue weighted by Crippen LogP contribution is -2.54. The van der Waals surface area contributed by atoms with Crippen LogP contribution in [0.25, 0.3) is 22.1 Å². The van der Waals surface area contributed by atoms with Crippen LogP contribution in [0.15, 0.2) is 118 Å². The number of fused-ring (bicyclic) bond motifs is 1. The highest BCUT2D eigenvalue weighted by atomic mass is 32.1. The van der Waals surface area contributed by atoms with Gasteiger partial charge < -0.3 is 34.3 Å². The van der Waals surface area contributed by atoms with Crippen molar-refractivity contribution in [2.75, 3.05) is 76.6 Å². The van der Waals surface area contributed by atoms with Gasteiger partial charge in [0.25, 0.3) is 22.9 Å². The van der Waals surface area contributed by atoms with E-state index in [4.69, 9.17) is 23.7 Å². The van der Waals surface area contributed by atoms with Crippen molar-refractivity contribution in [1.82, 2.24) is 49.8 Å². The number of ether oxygens (including phenoxy) is 5. The Hall–Kier alpha value is -9.19. The van der Waals surface area contributed by atoms with Crippen molar-refractivity contribution in [3.05, 3.63) is 180 Å². The summed E-state index contributed by atoms with van der Waals surface area (Å²) < 4.78 is 72.2. The molecule has 5 N–H and O–H groups in total. The quantitative estimate of drug-likeness (QED) is 0.0281. The number of piperidine rings is 1. The summed E-state index contributed by atoms with van der Waals surface area (Å²) in [6.07, 6.45) is -2.65. The molecule has 454 valence electrons. The minimum absolute atomic E-state index is 0.0363. The number of H-pyrrole nitrogens is 2. The Balaban J connectivity index is 0.625. The van der Waals surface area contributed by atoms with Crippen LogP contribution in [0.2, 0.25) is 0 Å². The average Bonchev–Trinajstić information content (AvgIpc) is 1.72. The number of imide groups is 2. The Kier molecular flexibility index (Phi) is 19.2. The number of aromatic amines is 2. The molecule has 0 radical (unpaired) electrons. The van der Waals surface area contributed by atoms with Crippen LogP contribution in [0.4, 0.5) is 24.5 Å². The highest BCUT2D eigenvalue weighted by Gasteiger charge is 2.45. The van der Waals surface area contributed by atoms with E-state index in [0.29, 0.717) is 103 Å². The number of anilines is 2. The maximum atomic E-state index is 14.5. The third-order valence-electron chi connectivity index (χ3n) is 14.2. The molecule has 8 aromatic rings. The number of alkyl halides is 3. The van der Waals surface area contributed by atoms with Crippen molar-refractivity contribution in [3.63, 3.8) is 0 Å². The number of carbonyl (C=O) groups is 5. The van der Waals surface area contributed by atoms with Gasteiger partial charge in [-0.1, -0.05) is 53.7 Å². The molecular weight excluding hydrogens is 1160 g/mol. The third-order valence-corrected chi connectivity index (χ3v) is 15.1. The normalized spacial score (nSPS) is 14.6. The molecule has 1 fully saturated rings. The van der Waals surface area contributed by atoms with E-state index in [1.165, 1.54) is 27.6 Å². The van der Waals surface area contributed by atoms with Crippen LogP contribution < -0.4 is 27.1 Å². The maximum Gasteiger partial charge on any atom is 0.416 e. The first kappa shape index (κ1) is 60.9. The van der Waals surface area contributed by atoms with Crippen molar-refractivity contribution in [2.24, 2.45) is 0 Å². The van der Waals surface area contributed by atoms with Gasteiger partial charge in [0.15, 0.2) is 0 Å². The van der Waals surface area contributed by atoms with Gasteiger partial charge in [-0.05, 0) is 74.4 Å². The molecule has 2 atom stereocenters. The molecule has 0 aliphatic carbocycles. The van der Waals surface area contributed by atoms with Crippen molar-refractivity contribution in [1.29, 1.82) is 0 Å². The second kappa shape index (κ2) is 27.5. The minimum Gasteiger partial charge on any atom is -0.382 e. The number of nitrogens with one attached hydrogen (secondary N) is 5. The molecule has 28 heteroatoms. The van der Waals surface area contributed by atoms with Crippen LogP contribution in [-0.2, 0) is 57.4 Å². The fourth-order valence-corrected chi connectivity index (χ4v) is 10.8. The highest BCUT2D eigenvalue weighted by Crippen LogP contribution is 2.36. The van der Waals surface area contributed by atoms with Gasteiger partial charge >= 0.3 is 6.18 Å². The van der Waals surface area contributed by atoms with E-state index in [9.17, 15) is 46.7 Å². The average molecular weight is 1220 g/mol. The Bertz CT molecular complexity index is 3890. The number of carbonyl (C=O) groups excluding carboxylic acids is 5. The van der Waals surface area contributed by atoms with Gasteiger partial charge in [0.1, 0.15) is 18.3 Å². The lowest BCUT2D eigenvalue weighted by molar-refractivity contribution is -0.138. The van der Waals surface area contributed by atoms with Gasteiger partial charge in [-0.3, -0.25) is 54.0 Å². The summed E-state index contributed by atoms with van der Waals surface area (Å²) in [4.78, 5) is 97.7. The Morgan fingerprint density at radius 3 is 2.13 bits per heavy atom. The summed E-state index contributed by atoms with van der Waals surface area (Å²) in [7, 11) is 0. The molecule has 2 aliphatic rings. The van der Waals surface area contributed by atoms with Gasteiger partial charge in [0.05, 0.1) is 111 Å². The fraction of sp³-hybridized carbons (Fsp3) is 0.322. The molecule has 87 heavy (non-hydrogen) atoms. The number of benzene rings is 4. The van der Waals surface area contributed by atoms with Crippen LogP contribution in [-0.4, -0.2) is 146 Å². The lowest BCUT2D eigenvalue weighted by Gasteiger charge is -2.27. The van der Waals surface area contributed by atoms with Crippen molar-refractivity contribution in [3.8, 4) is 22.1 Å². The van der Waals surface area contributed by atoms with E-state index in [1.54, 1.807) is 90.8 Å². The van der Waals surface area contributed by atoms with Crippen LogP contribution in [0.1, 0.15) is 78.8 Å². The number of hydrogen-bond acceptors (Lipinski definition) is 17. The lowest BCUT2D eigenvalue weighted by atomic mass is 9.85. The van der Waals surface area contributed by atoms with Crippen molar-refractivity contribution in [2.45, 2.75) is 58.0 Å². The summed E-state index contributed by atoms with van der Waals surface area (Å²) in [5, 5.41) is 24.5. The first-order chi connectivity index (χ1) is 42.0. The van der Waals surface area contributed by atoms with E-state index in [-0.39, 0.29) is 73.3 Å². The largest absolute Gasteiger partial charge is 0.416 e. The predicted octanol–water partition coefficient (Wildman–Crippen LogP) is 5.91. The first-order valence-corrected chi connectivity index (χ1v) is 28.5. The molecule has 0 bridgehead atoms. The van der Waals surface area contributed by atoms with Gasteiger partial charge in [0, 0.05) is 52.6 Å². The number of nitrogens with zero attached hydrogens (tertiary/aromatic N) is 7. The van der Waals surface area contributed by atoms with Crippen molar-refractivity contribution >= 4 is 52.2 Å². The molecular formula is C59H59F3N12O12S. The molecule has 5 amide bonds. The molecule has 4 aromatic heterocycles. The molecule has 24 nitrogen and oxygen atoms in total. The molecule has 6 heterocycles. The van der Waals surface area contributed by atoms with Crippen LogP contribution >= 0.6 is 11.3 Å². The Morgan fingerprint density at radius 2 is 1.41 bits per heavy atom. The number of aromatic nitrogens is 8. The summed E-state index contributed by atoms with van der Waals surface area (Å²) in [6, 6.07) is 24.1. The van der Waals surface area contributed by atoms with Crippen LogP contribution in [0.3, 0.4) is 0 Å². The minimum atomic E-state index is -4.50. The summed E-state index contributed by atoms with van der Waals surface area (Å²) in [5.41, 5.74) is 3.67. The molecule has 10 rings (SSSR count). The molecule has 2 unspecified atom stereocenters. The van der Waals surface area contributed by atoms with E-state index < -0.39 is 58.8 Å². The van der Waals surface area contributed by atoms with E-state index >= 15 is 0 Å². The smallest absolute Gasteiger partial charge is 0.382 e. The second-order valence-electron chi connectivity index (χ2n) is 20.1. The van der Waals surface area contributed by atoms with Gasteiger partial charge in [-0.2, -0.15) is 17.9 Å². The number of amides is 5. The SMILES string of the molecule is Cc1[nH]n(-c2ccccc2)c(=O)c1C(c1ccc(NC(=O)COCCOCCn2cc(COCCOCCOCCNc3cccc4c3C(=O)N(C3CCC(=O)NC3=O)C4=O)nn2)cc1)c1c(C)[nH]n(-c2nc(-c3ccc(C(F)(F)F)cc3)cs2)c1=O. The monoisotopic (exact) mass is 1220 g/mol. The number of para-hydroxylation sites is 1. The zero-order valence-electron chi connectivity index (χ0n) is 47.0. The summed E-state index contributed by atoms with van der Waals surface area (Å²) in [5.74, 6) is -3.61. The number of thiazole rings is 1. The Morgan fingerprint density at radius 1 is 0.747 bits per heavy atom. The van der Waals surface area contributed by atoms with E-state index in [0.717, 1.165) is 28.4 Å². The zero-order valence-corrected chi connectivity index (χ0v) is 47.8. The summed E-state index contributed by atoms with van der Waals surface area (Å²) >= 11 is 1.12. The number of hydrogen-bond donors (Lipinski definition) is 5. The maximum absolute atomic E-state index is 14.5. The second-order valence-corrected chi connectivity index (χ2v) is 21.0.